The van der Waals surface area contributed by atoms with E-state index in [-0.39, 0.29) is 11.6 Å². The third kappa shape index (κ3) is 1.74. The van der Waals surface area contributed by atoms with Crippen molar-refractivity contribution in [2.75, 3.05) is 20.1 Å². The molecule has 0 saturated carbocycles. The number of rotatable bonds is 1. The van der Waals surface area contributed by atoms with Gasteiger partial charge in [0.25, 0.3) is 5.56 Å². The summed E-state index contributed by atoms with van der Waals surface area (Å²) in [7, 11) is 2.07. The van der Waals surface area contributed by atoms with Crippen molar-refractivity contribution < 1.29 is 0 Å². The minimum Gasteiger partial charge on any atom is -0.306 e. The van der Waals surface area contributed by atoms with E-state index in [0.29, 0.717) is 5.65 Å². The molecule has 2 aromatic rings. The molecule has 0 radical (unpaired) electrons. The number of likely N-dealkylation sites (tertiary alicyclic amines) is 1. The number of aromatic nitrogens is 5. The maximum absolute atomic E-state index is 11.5. The highest BCUT2D eigenvalue weighted by Gasteiger charge is 2.22. The van der Waals surface area contributed by atoms with Gasteiger partial charge in [-0.15, -0.1) is 5.10 Å². The van der Waals surface area contributed by atoms with Crippen molar-refractivity contribution in [1.82, 2.24) is 29.9 Å². The maximum atomic E-state index is 11.5. The van der Waals surface area contributed by atoms with Crippen LogP contribution in [0.4, 0.5) is 0 Å². The molecule has 3 rings (SSSR count). The molecule has 0 amide bonds. The van der Waals surface area contributed by atoms with Crippen LogP contribution in [0.5, 0.6) is 0 Å². The van der Waals surface area contributed by atoms with E-state index in [9.17, 15) is 9.59 Å². The highest BCUT2D eigenvalue weighted by molar-refractivity contribution is 5.67. The predicted octanol–water partition coefficient (Wildman–Crippen LogP) is -0.925. The van der Waals surface area contributed by atoms with Crippen molar-refractivity contribution in [2.24, 2.45) is 0 Å². The SMILES string of the molecule is CN1CCC(n2nnc3c(=O)[nH]c(=O)[nH]c32)CC1. The summed E-state index contributed by atoms with van der Waals surface area (Å²) < 4.78 is 1.67. The molecule has 0 unspecified atom stereocenters. The van der Waals surface area contributed by atoms with E-state index < -0.39 is 11.2 Å². The summed E-state index contributed by atoms with van der Waals surface area (Å²) in [6.45, 7) is 1.94. The fourth-order valence-corrected chi connectivity index (χ4v) is 2.36. The molecule has 0 atom stereocenters. The Morgan fingerprint density at radius 3 is 2.67 bits per heavy atom. The minimum absolute atomic E-state index is 0.184. The van der Waals surface area contributed by atoms with Crippen LogP contribution in [0.2, 0.25) is 0 Å². The topological polar surface area (TPSA) is 99.7 Å². The molecule has 0 bridgehead atoms. The second-order valence-corrected chi connectivity index (χ2v) is 4.67. The van der Waals surface area contributed by atoms with Crippen LogP contribution >= 0.6 is 0 Å². The van der Waals surface area contributed by atoms with E-state index in [1.165, 1.54) is 0 Å². The van der Waals surface area contributed by atoms with Gasteiger partial charge in [-0.1, -0.05) is 5.21 Å². The lowest BCUT2D eigenvalue weighted by atomic mass is 10.1. The van der Waals surface area contributed by atoms with Gasteiger partial charge >= 0.3 is 5.69 Å². The van der Waals surface area contributed by atoms with E-state index in [0.717, 1.165) is 25.9 Å². The molecule has 2 aromatic heterocycles. The van der Waals surface area contributed by atoms with Gasteiger partial charge in [0, 0.05) is 0 Å². The van der Waals surface area contributed by atoms with Crippen molar-refractivity contribution in [1.29, 1.82) is 0 Å². The summed E-state index contributed by atoms with van der Waals surface area (Å²) in [6, 6.07) is 0.184. The second-order valence-electron chi connectivity index (χ2n) is 4.67. The number of fused-ring (bicyclic) bond motifs is 1. The highest BCUT2D eigenvalue weighted by atomic mass is 16.2. The van der Waals surface area contributed by atoms with Crippen molar-refractivity contribution in [3.8, 4) is 0 Å². The van der Waals surface area contributed by atoms with Gasteiger partial charge in [-0.05, 0) is 33.0 Å². The Kier molecular flexibility index (Phi) is 2.51. The molecule has 8 heteroatoms. The van der Waals surface area contributed by atoms with E-state index >= 15 is 0 Å². The van der Waals surface area contributed by atoms with Crippen LogP contribution < -0.4 is 11.2 Å². The third-order valence-electron chi connectivity index (χ3n) is 3.40. The molecule has 0 spiro atoms. The quantitative estimate of drug-likeness (QED) is 0.681. The lowest BCUT2D eigenvalue weighted by Gasteiger charge is -2.28. The molecular formula is C10H14N6O2. The summed E-state index contributed by atoms with van der Waals surface area (Å²) in [5.41, 5.74) is -0.413. The summed E-state index contributed by atoms with van der Waals surface area (Å²) in [4.78, 5) is 29.8. The van der Waals surface area contributed by atoms with Crippen LogP contribution in [0.25, 0.3) is 11.2 Å². The molecule has 8 nitrogen and oxygen atoms in total. The number of H-pyrrole nitrogens is 2. The number of nitrogens with zero attached hydrogens (tertiary/aromatic N) is 4. The highest BCUT2D eigenvalue weighted by Crippen LogP contribution is 2.22. The van der Waals surface area contributed by atoms with Gasteiger partial charge in [0.15, 0.2) is 11.2 Å². The van der Waals surface area contributed by atoms with E-state index in [2.05, 4.69) is 32.2 Å². The molecule has 2 N–H and O–H groups in total. The zero-order valence-corrected chi connectivity index (χ0v) is 10.0. The molecular weight excluding hydrogens is 236 g/mol. The first-order valence-electron chi connectivity index (χ1n) is 5.91. The first kappa shape index (κ1) is 11.1. The van der Waals surface area contributed by atoms with E-state index in [1.807, 2.05) is 0 Å². The van der Waals surface area contributed by atoms with Gasteiger partial charge in [0.1, 0.15) is 0 Å². The Labute approximate surface area is 102 Å². The molecule has 1 aliphatic heterocycles. The van der Waals surface area contributed by atoms with Crippen molar-refractivity contribution in [2.45, 2.75) is 18.9 Å². The summed E-state index contributed by atoms with van der Waals surface area (Å²) in [5, 5.41) is 7.84. The van der Waals surface area contributed by atoms with E-state index in [4.69, 9.17) is 0 Å². The lowest BCUT2D eigenvalue weighted by Crippen LogP contribution is -2.32. The zero-order chi connectivity index (χ0) is 12.7. The molecule has 0 aliphatic carbocycles. The van der Waals surface area contributed by atoms with Crippen LogP contribution in [0.3, 0.4) is 0 Å². The predicted molar refractivity (Wildman–Crippen MR) is 64.5 cm³/mol. The van der Waals surface area contributed by atoms with Crippen LogP contribution in [0, 0.1) is 0 Å². The Morgan fingerprint density at radius 2 is 1.94 bits per heavy atom. The summed E-state index contributed by atoms with van der Waals surface area (Å²) in [6.07, 6.45) is 1.87. The van der Waals surface area contributed by atoms with Gasteiger partial charge < -0.3 is 4.90 Å². The van der Waals surface area contributed by atoms with Crippen LogP contribution in [0.1, 0.15) is 18.9 Å². The average Bonchev–Trinajstić information content (AvgIpc) is 2.74. The number of hydrogen-bond donors (Lipinski definition) is 2. The van der Waals surface area contributed by atoms with E-state index in [1.54, 1.807) is 4.68 Å². The average molecular weight is 250 g/mol. The molecule has 1 saturated heterocycles. The Morgan fingerprint density at radius 1 is 1.22 bits per heavy atom. The van der Waals surface area contributed by atoms with Crippen LogP contribution in [0.15, 0.2) is 9.59 Å². The van der Waals surface area contributed by atoms with Crippen molar-refractivity contribution >= 4 is 11.2 Å². The number of piperidine rings is 1. The van der Waals surface area contributed by atoms with Gasteiger partial charge in [-0.25, -0.2) is 9.48 Å². The van der Waals surface area contributed by atoms with Gasteiger partial charge in [-0.2, -0.15) is 0 Å². The normalized spacial score (nSPS) is 18.5. The molecule has 18 heavy (non-hydrogen) atoms. The Bertz CT molecular complexity index is 675. The fourth-order valence-electron chi connectivity index (χ4n) is 2.36. The zero-order valence-electron chi connectivity index (χ0n) is 10.0. The fraction of sp³-hybridized carbons (Fsp3) is 0.600. The smallest absolute Gasteiger partial charge is 0.306 e. The largest absolute Gasteiger partial charge is 0.327 e. The van der Waals surface area contributed by atoms with Gasteiger partial charge in [0.05, 0.1) is 6.04 Å². The molecule has 1 fully saturated rings. The first-order valence-corrected chi connectivity index (χ1v) is 5.91. The van der Waals surface area contributed by atoms with Crippen molar-refractivity contribution in [3.05, 3.63) is 20.8 Å². The standard InChI is InChI=1S/C10H14N6O2/c1-15-4-2-6(3-5-15)16-8-7(13-14-16)9(17)12-10(18)11-8/h6H,2-5H2,1H3,(H2,11,12,17,18). The van der Waals surface area contributed by atoms with Crippen LogP contribution in [-0.4, -0.2) is 50.0 Å². The molecule has 96 valence electrons. The van der Waals surface area contributed by atoms with Gasteiger partial charge in [-0.3, -0.25) is 14.8 Å². The lowest BCUT2D eigenvalue weighted by molar-refractivity contribution is 0.213. The third-order valence-corrected chi connectivity index (χ3v) is 3.40. The monoisotopic (exact) mass is 250 g/mol. The molecule has 3 heterocycles. The number of nitrogens with one attached hydrogen (secondary N) is 2. The number of hydrogen-bond acceptors (Lipinski definition) is 5. The molecule has 1 aliphatic rings. The van der Waals surface area contributed by atoms with Crippen LogP contribution in [-0.2, 0) is 0 Å². The Hall–Kier alpha value is -1.96. The number of aromatic amines is 2. The van der Waals surface area contributed by atoms with Crippen molar-refractivity contribution in [3.63, 3.8) is 0 Å². The molecule has 0 aromatic carbocycles. The first-order chi connectivity index (χ1) is 8.65. The Balaban J connectivity index is 2.07. The maximum Gasteiger partial charge on any atom is 0.327 e. The van der Waals surface area contributed by atoms with Gasteiger partial charge in [0.2, 0.25) is 0 Å². The summed E-state index contributed by atoms with van der Waals surface area (Å²) in [5.74, 6) is 0. The summed E-state index contributed by atoms with van der Waals surface area (Å²) >= 11 is 0. The minimum atomic E-state index is -0.524. The second kappa shape index (κ2) is 4.05.